The zero-order chi connectivity index (χ0) is 70.3. The molecule has 0 radical (unpaired) electrons. The van der Waals surface area contributed by atoms with Crippen molar-refractivity contribution in [2.45, 2.75) is 241 Å². The lowest BCUT2D eigenvalue weighted by molar-refractivity contribution is -0.344. The van der Waals surface area contributed by atoms with Crippen LogP contribution in [0.1, 0.15) is 170 Å². The molecule has 516 valence electrons. The third kappa shape index (κ3) is 23.6. The molecule has 2 aliphatic heterocycles. The van der Waals surface area contributed by atoms with Gasteiger partial charge in [0.15, 0.2) is 17.3 Å². The number of aliphatic carboxylic acids is 2. The maximum atomic E-state index is 12.6. The van der Waals surface area contributed by atoms with Gasteiger partial charge >= 0.3 is 33.5 Å². The summed E-state index contributed by atoms with van der Waals surface area (Å²) in [5.41, 5.74) is 6.28. The quantitative estimate of drug-likeness (QED) is 0.0541. The second kappa shape index (κ2) is 36.1. The summed E-state index contributed by atoms with van der Waals surface area (Å²) in [6.07, 6.45) is 2.27. The predicted octanol–water partition coefficient (Wildman–Crippen LogP) is 4.63. The smallest absolute Gasteiger partial charge is 0.475 e. The fraction of sp³-hybridized carbons (Fsp3) is 0.847. The highest BCUT2D eigenvalue weighted by Gasteiger charge is 2.69. The van der Waals surface area contributed by atoms with Crippen molar-refractivity contribution in [1.29, 1.82) is 0 Å². The van der Waals surface area contributed by atoms with Crippen LogP contribution >= 0.6 is 27.7 Å². The topological polar surface area (TPSA) is 348 Å². The molecule has 21 atom stereocenters. The standard InChI is InChI=1S/C20H35BNO4P.C12H22BNO2.C10H21BNO4P.C8H15NO2.C7H14NO3P.C2HF3O2/c1-11(10-27)18(24)22-13(3)15(23)7-12(2)21-25-17-9-14-8-16(19(14,4)5)20(17,6)26-21;1-7(14)13-15-10-6-8-5-9(11(8,2)3)12(10,4)16-13;1-6(5-17)10(14)12-8(3)9(13)4-7(2)11(15)16;1-5(2)8(11)9-6(3)7(4)10;1-4(3-12)6(9)8-5(2)7(10)11;3-2(4,5)1(6)7/h11-14,16-17H,7-10,27H2,1-6H3,(H,22,24);7-10H,5-6,14H2,1-4H3;6-8,15-16H,4-5,17H2,1-3H3,(H,12,14);5-6H,1-4H3,(H,9,11);4-5H,3,12H2,1-2H3,(H,8,9)(H,10,11);(H,6,7)/p-1/t11?,12-,13?,14+,16+,17-,20+;7-,8-,9-,10+,12-;6?,7-,8?;;;/m101.../s1. The van der Waals surface area contributed by atoms with Crippen molar-refractivity contribution in [3.8, 4) is 0 Å². The zero-order valence-electron chi connectivity index (χ0n) is 56.4. The number of halogens is 3. The molecule has 8 fully saturated rings. The zero-order valence-corrected chi connectivity index (χ0v) is 59.9. The maximum Gasteiger partial charge on any atom is 0.475 e. The number of ketones is 3. The van der Waals surface area contributed by atoms with E-state index in [1.807, 2.05) is 20.8 Å². The van der Waals surface area contributed by atoms with Crippen molar-refractivity contribution in [3.63, 3.8) is 0 Å². The number of carboxylic acids is 2. The van der Waals surface area contributed by atoms with Crippen LogP contribution in [0.4, 0.5) is 13.2 Å². The summed E-state index contributed by atoms with van der Waals surface area (Å²) in [7, 11) is 5.43. The second-order valence-corrected chi connectivity index (χ2v) is 28.9. The maximum absolute atomic E-state index is 12.6. The third-order valence-electron chi connectivity index (χ3n) is 18.9. The van der Waals surface area contributed by atoms with E-state index in [1.165, 1.54) is 26.7 Å². The Hall–Kier alpha value is -3.18. The normalized spacial score (nSPS) is 27.6. The number of carbonyl (C=O) groups excluding carboxylic acids is 8. The van der Waals surface area contributed by atoms with Gasteiger partial charge in [-0.15, -0.1) is 27.7 Å². The molecule has 2 saturated heterocycles. The molecule has 22 nitrogen and oxygen atoms in total. The summed E-state index contributed by atoms with van der Waals surface area (Å²) in [5.74, 6) is -3.14. The molecule has 0 spiro atoms. The monoisotopic (exact) mass is 1340 g/mol. The molecule has 90 heavy (non-hydrogen) atoms. The SMILES string of the molecule is CC(=O)C(C)NC(=O)C(C)C.CC(CP)C(=O)NC(C)C(=O)C[C@@H](C)B(O)O.CC(CP)C(=O)NC(C)C(=O)C[C@@H](C)B1O[C@@H]2C[C@@H]3C[C@@H](C3(C)C)[C@]2(C)O1.CC(CP)C(=O)NC(C)C(=O)O.C[C@H](N)B1O[C@@H]2C[C@@H]3C[C@@H](C3(C)C)[C@]2(C)O1.O=C([O-])C(F)(F)F. The van der Waals surface area contributed by atoms with Crippen molar-refractivity contribution >= 4 is 102 Å². The van der Waals surface area contributed by atoms with Gasteiger partial charge in [0.2, 0.25) is 23.6 Å². The van der Waals surface area contributed by atoms with Crippen LogP contribution in [0, 0.1) is 58.2 Å². The Labute approximate surface area is 540 Å². The summed E-state index contributed by atoms with van der Waals surface area (Å²) >= 11 is 0. The first-order valence-electron chi connectivity index (χ1n) is 31.2. The molecular weight excluding hydrogens is 1230 g/mol. The Balaban J connectivity index is 0.000000568. The van der Waals surface area contributed by atoms with Gasteiger partial charge in [0.05, 0.1) is 41.5 Å². The van der Waals surface area contributed by atoms with E-state index in [0.29, 0.717) is 53.5 Å². The molecule has 0 aromatic heterocycles. The van der Waals surface area contributed by atoms with Crippen LogP contribution in [-0.4, -0.2) is 168 Å². The molecular formula is C59H107B3F3N5O17P3-. The van der Waals surface area contributed by atoms with Gasteiger partial charge in [-0.1, -0.05) is 83.1 Å². The molecule has 10 unspecified atom stereocenters. The van der Waals surface area contributed by atoms with E-state index in [9.17, 15) is 51.5 Å². The lowest BCUT2D eigenvalue weighted by Crippen LogP contribution is -2.65. The molecule has 0 aromatic carbocycles. The average molecular weight is 1340 g/mol. The van der Waals surface area contributed by atoms with Crippen LogP contribution in [0.5, 0.6) is 0 Å². The van der Waals surface area contributed by atoms with Crippen LogP contribution in [0.25, 0.3) is 0 Å². The van der Waals surface area contributed by atoms with Crippen LogP contribution in [-0.2, 0) is 61.8 Å². The molecule has 8 rings (SSSR count). The van der Waals surface area contributed by atoms with E-state index in [0.717, 1.165) is 18.8 Å². The number of amides is 4. The predicted molar refractivity (Wildman–Crippen MR) is 348 cm³/mol. The number of Topliss-reactive ketones (excluding diaryl/α,β-unsaturated/α-hetero) is 3. The highest BCUT2D eigenvalue weighted by molar-refractivity contribution is 7.16. The molecule has 6 aliphatic carbocycles. The van der Waals surface area contributed by atoms with E-state index >= 15 is 0 Å². The molecule has 0 aromatic rings. The van der Waals surface area contributed by atoms with Gasteiger partial charge in [-0.25, -0.2) is 0 Å². The van der Waals surface area contributed by atoms with Crippen LogP contribution < -0.4 is 32.1 Å². The summed E-state index contributed by atoms with van der Waals surface area (Å²) < 4.78 is 56.4. The molecule has 2 heterocycles. The molecule has 31 heteroatoms. The van der Waals surface area contributed by atoms with Gasteiger partial charge in [-0.3, -0.25) is 38.4 Å². The van der Waals surface area contributed by atoms with E-state index in [2.05, 4.69) is 90.5 Å². The number of nitrogens with two attached hydrogens (primary N) is 1. The minimum absolute atomic E-state index is 0.0148. The number of alkyl halides is 3. The first-order valence-corrected chi connectivity index (χ1v) is 33.6. The third-order valence-corrected chi connectivity index (χ3v) is 21.0. The van der Waals surface area contributed by atoms with Crippen LogP contribution in [0.15, 0.2) is 0 Å². The van der Waals surface area contributed by atoms with E-state index < -0.39 is 49.2 Å². The Kier molecular flexibility index (Phi) is 34.0. The fourth-order valence-electron chi connectivity index (χ4n) is 11.6. The van der Waals surface area contributed by atoms with E-state index in [-0.39, 0.29) is 127 Å². The second-order valence-electron chi connectivity index (χ2n) is 27.5. The van der Waals surface area contributed by atoms with Gasteiger partial charge in [-0.05, 0) is 139 Å². The van der Waals surface area contributed by atoms with Crippen LogP contribution in [0.2, 0.25) is 11.6 Å². The van der Waals surface area contributed by atoms with Crippen molar-refractivity contribution in [1.82, 2.24) is 21.3 Å². The van der Waals surface area contributed by atoms with Crippen molar-refractivity contribution in [2.75, 3.05) is 18.5 Å². The van der Waals surface area contributed by atoms with E-state index in [4.69, 9.17) is 49.4 Å². The first-order chi connectivity index (χ1) is 41.0. The van der Waals surface area contributed by atoms with Crippen LogP contribution in [0.3, 0.4) is 0 Å². The lowest BCUT2D eigenvalue weighted by atomic mass is 9.43. The number of hydrogen-bond acceptors (Lipinski definition) is 17. The Bertz CT molecular complexity index is 2440. The lowest BCUT2D eigenvalue weighted by Gasteiger charge is -2.64. The van der Waals surface area contributed by atoms with Gasteiger partial charge in [0.1, 0.15) is 12.0 Å². The molecule has 4 bridgehead atoms. The highest BCUT2D eigenvalue weighted by Crippen LogP contribution is 2.67. The Morgan fingerprint density at radius 2 is 0.922 bits per heavy atom. The molecule has 4 amide bonds. The molecule has 6 saturated carbocycles. The number of rotatable bonds is 22. The minimum Gasteiger partial charge on any atom is -0.542 e. The average Bonchev–Trinajstić information content (AvgIpc) is 1.35. The largest absolute Gasteiger partial charge is 0.542 e. The van der Waals surface area contributed by atoms with E-state index in [1.54, 1.807) is 55.4 Å². The number of carboxylic acid groups (broad SMARTS) is 2. The van der Waals surface area contributed by atoms with Crippen molar-refractivity contribution in [2.24, 2.45) is 63.9 Å². The van der Waals surface area contributed by atoms with Crippen molar-refractivity contribution in [3.05, 3.63) is 0 Å². The Morgan fingerprint density at radius 3 is 1.22 bits per heavy atom. The highest BCUT2D eigenvalue weighted by atomic mass is 31.0. The summed E-state index contributed by atoms with van der Waals surface area (Å²) in [4.78, 5) is 99.7. The number of nitrogens with one attached hydrogen (secondary N) is 4. The fourth-order valence-corrected chi connectivity index (χ4v) is 12.2. The number of hydrogen-bond donors (Lipinski definition) is 8. The molecule has 9 N–H and O–H groups in total. The minimum atomic E-state index is -5.19. The molecule has 8 aliphatic rings. The number of carbonyl (C=O) groups is 9. The summed E-state index contributed by atoms with van der Waals surface area (Å²) in [5, 5.41) is 45.4. The van der Waals surface area contributed by atoms with Gasteiger partial charge in [0, 0.05) is 42.5 Å². The first kappa shape index (κ1) is 84.8. The Morgan fingerprint density at radius 1 is 0.589 bits per heavy atom. The van der Waals surface area contributed by atoms with Gasteiger partial charge in [-0.2, -0.15) is 13.2 Å². The van der Waals surface area contributed by atoms with Crippen molar-refractivity contribution < 1.29 is 95.2 Å². The summed E-state index contributed by atoms with van der Waals surface area (Å²) in [6, 6.07) is -2.24. The van der Waals surface area contributed by atoms with Gasteiger partial charge < -0.3 is 70.7 Å². The van der Waals surface area contributed by atoms with Gasteiger partial charge in [0.25, 0.3) is 0 Å². The summed E-state index contributed by atoms with van der Waals surface area (Å²) in [6.45, 7) is 36.3.